The maximum absolute atomic E-state index is 11.2. The first-order valence-corrected chi connectivity index (χ1v) is 10.1. The Morgan fingerprint density at radius 3 is 2.40 bits per heavy atom. The van der Waals surface area contributed by atoms with E-state index in [1.165, 1.54) is 18.7 Å². The fourth-order valence-corrected chi connectivity index (χ4v) is 3.49. The number of halogens is 1. The molecule has 0 aromatic carbocycles. The Morgan fingerprint density at radius 2 is 2.04 bits per heavy atom. The molecule has 8 nitrogen and oxygen atoms in total. The molecule has 142 valence electrons. The topological polar surface area (TPSA) is 130 Å². The standard InChI is InChI=1S/C8H11NO4S2.C5H8ClNO2S/c10-6(3-14-4-7(11)12)9-5-1-2-15-8(5)13;1-3(8)7-4(2-10)5(6)9/h5H,1-4H2,(H,9,10)(H,11,12);4,10H,2H2,1H3,(H,7,8)/t;4-/m.0/s1. The summed E-state index contributed by atoms with van der Waals surface area (Å²) >= 11 is 11.1. The summed E-state index contributed by atoms with van der Waals surface area (Å²) in [6.45, 7) is 1.32. The van der Waals surface area contributed by atoms with Crippen LogP contribution in [0.25, 0.3) is 0 Å². The van der Waals surface area contributed by atoms with Crippen molar-refractivity contribution in [3.8, 4) is 0 Å². The second-order valence-corrected chi connectivity index (χ2v) is 7.53. The highest BCUT2D eigenvalue weighted by Gasteiger charge is 2.26. The number of amides is 2. The average molecular weight is 431 g/mol. The van der Waals surface area contributed by atoms with Gasteiger partial charge >= 0.3 is 5.97 Å². The molecule has 2 atom stereocenters. The van der Waals surface area contributed by atoms with Gasteiger partial charge in [0.2, 0.25) is 22.2 Å². The van der Waals surface area contributed by atoms with Gasteiger partial charge in [0.15, 0.2) is 0 Å². The van der Waals surface area contributed by atoms with Crippen LogP contribution in [0.3, 0.4) is 0 Å². The van der Waals surface area contributed by atoms with Crippen molar-refractivity contribution in [2.75, 3.05) is 23.0 Å². The van der Waals surface area contributed by atoms with Crippen molar-refractivity contribution in [3.63, 3.8) is 0 Å². The van der Waals surface area contributed by atoms with Crippen LogP contribution in [0.5, 0.6) is 0 Å². The molecule has 1 fully saturated rings. The summed E-state index contributed by atoms with van der Waals surface area (Å²) in [7, 11) is 0. The number of hydrogen-bond acceptors (Lipinski definition) is 8. The molecule has 1 rings (SSSR count). The minimum Gasteiger partial charge on any atom is -0.481 e. The van der Waals surface area contributed by atoms with Crippen LogP contribution in [0, 0.1) is 0 Å². The van der Waals surface area contributed by atoms with E-state index in [4.69, 9.17) is 16.7 Å². The highest BCUT2D eigenvalue weighted by atomic mass is 35.5. The maximum atomic E-state index is 11.2. The molecule has 1 heterocycles. The van der Waals surface area contributed by atoms with Crippen LogP contribution in [0.1, 0.15) is 13.3 Å². The van der Waals surface area contributed by atoms with Crippen LogP contribution in [-0.4, -0.2) is 68.3 Å². The van der Waals surface area contributed by atoms with Gasteiger partial charge in [0, 0.05) is 18.4 Å². The van der Waals surface area contributed by atoms with Crippen LogP contribution in [0.2, 0.25) is 0 Å². The van der Waals surface area contributed by atoms with Gasteiger partial charge in [0.05, 0.1) is 17.5 Å². The summed E-state index contributed by atoms with van der Waals surface area (Å²) in [4.78, 5) is 53.3. The maximum Gasteiger partial charge on any atom is 0.313 e. The van der Waals surface area contributed by atoms with Crippen molar-refractivity contribution in [2.24, 2.45) is 0 Å². The quantitative estimate of drug-likeness (QED) is 0.316. The van der Waals surface area contributed by atoms with E-state index in [0.29, 0.717) is 6.42 Å². The highest BCUT2D eigenvalue weighted by Crippen LogP contribution is 2.19. The number of thioether (sulfide) groups is 2. The lowest BCUT2D eigenvalue weighted by Gasteiger charge is -2.08. The van der Waals surface area contributed by atoms with E-state index in [1.807, 2.05) is 0 Å². The summed E-state index contributed by atoms with van der Waals surface area (Å²) in [6.07, 6.45) is 0.666. The van der Waals surface area contributed by atoms with Gasteiger partial charge in [0.1, 0.15) is 6.04 Å². The number of thiol groups is 1. The number of carboxylic acid groups (broad SMARTS) is 1. The molecule has 0 saturated carbocycles. The lowest BCUT2D eigenvalue weighted by molar-refractivity contribution is -0.134. The summed E-state index contributed by atoms with van der Waals surface area (Å²) in [5.74, 6) is -0.550. The molecule has 25 heavy (non-hydrogen) atoms. The predicted octanol–water partition coefficient (Wildman–Crippen LogP) is 0.139. The number of carbonyl (C=O) groups excluding carboxylic acids is 4. The molecule has 0 spiro atoms. The molecular weight excluding hydrogens is 412 g/mol. The minimum atomic E-state index is -0.944. The second-order valence-electron chi connectivity index (χ2n) is 4.70. The van der Waals surface area contributed by atoms with Crippen molar-refractivity contribution in [1.29, 1.82) is 0 Å². The Morgan fingerprint density at radius 1 is 1.40 bits per heavy atom. The zero-order chi connectivity index (χ0) is 19.4. The zero-order valence-corrected chi connectivity index (χ0v) is 16.6. The van der Waals surface area contributed by atoms with Crippen molar-refractivity contribution < 1.29 is 29.1 Å². The first kappa shape index (κ1) is 24.1. The number of nitrogens with one attached hydrogen (secondary N) is 2. The van der Waals surface area contributed by atoms with Gasteiger partial charge in [-0.25, -0.2) is 0 Å². The molecule has 12 heteroatoms. The third-order valence-electron chi connectivity index (χ3n) is 2.56. The van der Waals surface area contributed by atoms with Gasteiger partial charge in [-0.15, -0.1) is 11.8 Å². The highest BCUT2D eigenvalue weighted by molar-refractivity contribution is 8.14. The average Bonchev–Trinajstić information content (AvgIpc) is 2.89. The van der Waals surface area contributed by atoms with Crippen LogP contribution >= 0.6 is 47.8 Å². The van der Waals surface area contributed by atoms with Crippen LogP contribution in [-0.2, 0) is 24.0 Å². The summed E-state index contributed by atoms with van der Waals surface area (Å²) in [6, 6.07) is -1.05. The molecule has 2 amide bonds. The Kier molecular flexibility index (Phi) is 12.8. The largest absolute Gasteiger partial charge is 0.481 e. The number of carbonyl (C=O) groups is 5. The SMILES string of the molecule is CC(=O)N[C@@H](CS)C(=O)Cl.O=C(O)CSCC(=O)NC1CCSC1=O. The lowest BCUT2D eigenvalue weighted by Crippen LogP contribution is -2.38. The van der Waals surface area contributed by atoms with Gasteiger partial charge < -0.3 is 15.7 Å². The molecule has 0 radical (unpaired) electrons. The molecule has 0 bridgehead atoms. The van der Waals surface area contributed by atoms with Crippen molar-refractivity contribution in [2.45, 2.75) is 25.4 Å². The Balaban J connectivity index is 0.000000504. The van der Waals surface area contributed by atoms with E-state index in [9.17, 15) is 24.0 Å². The Hall–Kier alpha value is -0.910. The summed E-state index contributed by atoms with van der Waals surface area (Å²) in [5, 5.41) is 12.7. The first-order valence-electron chi connectivity index (χ1n) is 7.00. The van der Waals surface area contributed by atoms with Gasteiger partial charge in [-0.1, -0.05) is 11.8 Å². The van der Waals surface area contributed by atoms with Gasteiger partial charge in [-0.05, 0) is 18.0 Å². The number of rotatable bonds is 8. The molecule has 0 aliphatic carbocycles. The Labute approximate surface area is 164 Å². The predicted molar refractivity (Wildman–Crippen MR) is 101 cm³/mol. The molecule has 3 N–H and O–H groups in total. The number of hydrogen-bond donors (Lipinski definition) is 4. The smallest absolute Gasteiger partial charge is 0.313 e. The lowest BCUT2D eigenvalue weighted by atomic mass is 10.2. The molecule has 1 saturated heterocycles. The van der Waals surface area contributed by atoms with Crippen molar-refractivity contribution in [1.82, 2.24) is 10.6 Å². The Bertz CT molecular complexity index is 520. The van der Waals surface area contributed by atoms with Gasteiger partial charge in [0.25, 0.3) is 0 Å². The van der Waals surface area contributed by atoms with E-state index in [0.717, 1.165) is 17.5 Å². The minimum absolute atomic E-state index is 0.00779. The summed E-state index contributed by atoms with van der Waals surface area (Å²) < 4.78 is 0. The fraction of sp³-hybridized carbons (Fsp3) is 0.615. The molecule has 1 aliphatic heterocycles. The fourth-order valence-electron chi connectivity index (χ4n) is 1.51. The van der Waals surface area contributed by atoms with E-state index < -0.39 is 17.3 Å². The third kappa shape index (κ3) is 12.1. The zero-order valence-electron chi connectivity index (χ0n) is 13.3. The van der Waals surface area contributed by atoms with Crippen LogP contribution < -0.4 is 10.6 Å². The monoisotopic (exact) mass is 430 g/mol. The van der Waals surface area contributed by atoms with Crippen molar-refractivity contribution in [3.05, 3.63) is 0 Å². The van der Waals surface area contributed by atoms with E-state index in [2.05, 4.69) is 23.3 Å². The van der Waals surface area contributed by atoms with Gasteiger partial charge in [-0.3, -0.25) is 24.0 Å². The third-order valence-corrected chi connectivity index (χ3v) is 5.12. The van der Waals surface area contributed by atoms with E-state index in [1.54, 1.807) is 0 Å². The number of aliphatic carboxylic acids is 1. The van der Waals surface area contributed by atoms with E-state index >= 15 is 0 Å². The molecule has 1 aliphatic rings. The molecule has 0 aromatic heterocycles. The summed E-state index contributed by atoms with van der Waals surface area (Å²) in [5.41, 5.74) is 0. The molecular formula is C13H19ClN2O6S3. The second kappa shape index (κ2) is 13.3. The first-order chi connectivity index (χ1) is 11.7. The molecule has 1 unspecified atom stereocenters. The van der Waals surface area contributed by atoms with Gasteiger partial charge in [-0.2, -0.15) is 12.6 Å². The molecule has 0 aromatic rings. The number of carboxylic acids is 1. The normalized spacial score (nSPS) is 17.1. The van der Waals surface area contributed by atoms with Crippen LogP contribution in [0.15, 0.2) is 0 Å². The van der Waals surface area contributed by atoms with Crippen molar-refractivity contribution >= 4 is 75.9 Å². The van der Waals surface area contributed by atoms with Crippen LogP contribution in [0.4, 0.5) is 0 Å². The van der Waals surface area contributed by atoms with E-state index in [-0.39, 0.29) is 40.2 Å².